The van der Waals surface area contributed by atoms with Crippen LogP contribution in [0.15, 0.2) is 0 Å². The van der Waals surface area contributed by atoms with Crippen molar-refractivity contribution >= 4 is 11.8 Å². The Hall–Kier alpha value is -1.10. The van der Waals surface area contributed by atoms with E-state index in [1.807, 2.05) is 4.90 Å². The summed E-state index contributed by atoms with van der Waals surface area (Å²) in [6.07, 6.45) is 5.08. The van der Waals surface area contributed by atoms with Gasteiger partial charge in [0.15, 0.2) is 0 Å². The summed E-state index contributed by atoms with van der Waals surface area (Å²) in [5.74, 6) is 0.628. The van der Waals surface area contributed by atoms with Crippen LogP contribution < -0.4 is 5.32 Å². The lowest BCUT2D eigenvalue weighted by Crippen LogP contribution is -2.45. The van der Waals surface area contributed by atoms with Gasteiger partial charge in [0.05, 0.1) is 6.54 Å². The molecule has 0 aromatic heterocycles. The first-order chi connectivity index (χ1) is 10.8. The van der Waals surface area contributed by atoms with Crippen LogP contribution in [0.25, 0.3) is 0 Å². The summed E-state index contributed by atoms with van der Waals surface area (Å²) in [7, 11) is 0. The fourth-order valence-corrected chi connectivity index (χ4v) is 3.37. The molecule has 132 valence electrons. The molecule has 0 aromatic carbocycles. The third-order valence-electron chi connectivity index (χ3n) is 4.92. The Balaban J connectivity index is 1.64. The van der Waals surface area contributed by atoms with Gasteiger partial charge in [-0.1, -0.05) is 20.8 Å². The predicted molar refractivity (Wildman–Crippen MR) is 92.1 cm³/mol. The van der Waals surface area contributed by atoms with Crippen molar-refractivity contribution in [2.24, 2.45) is 11.3 Å². The Morgan fingerprint density at radius 3 is 2.22 bits per heavy atom. The topological polar surface area (TPSA) is 52.7 Å². The second-order valence-electron chi connectivity index (χ2n) is 8.24. The van der Waals surface area contributed by atoms with Gasteiger partial charge in [0.25, 0.3) is 0 Å². The van der Waals surface area contributed by atoms with Crippen LogP contribution in [0.2, 0.25) is 0 Å². The summed E-state index contributed by atoms with van der Waals surface area (Å²) in [5.41, 5.74) is 0.252. The van der Waals surface area contributed by atoms with Crippen molar-refractivity contribution in [1.82, 2.24) is 15.1 Å². The van der Waals surface area contributed by atoms with Crippen LogP contribution in [-0.2, 0) is 9.59 Å². The number of nitrogens with zero attached hydrogens (tertiary/aromatic N) is 2. The fraction of sp³-hybridized carbons (Fsp3) is 0.889. The molecule has 0 radical (unpaired) electrons. The van der Waals surface area contributed by atoms with Crippen LogP contribution in [0, 0.1) is 11.3 Å². The molecule has 2 heterocycles. The molecule has 2 fully saturated rings. The summed E-state index contributed by atoms with van der Waals surface area (Å²) in [4.78, 5) is 28.6. The van der Waals surface area contributed by atoms with Gasteiger partial charge in [-0.05, 0) is 50.6 Å². The maximum absolute atomic E-state index is 12.4. The van der Waals surface area contributed by atoms with E-state index in [0.29, 0.717) is 12.5 Å². The van der Waals surface area contributed by atoms with Crippen molar-refractivity contribution in [3.05, 3.63) is 0 Å². The van der Waals surface area contributed by atoms with Gasteiger partial charge in [-0.15, -0.1) is 0 Å². The number of piperidine rings is 1. The maximum Gasteiger partial charge on any atom is 0.234 e. The summed E-state index contributed by atoms with van der Waals surface area (Å²) in [5, 5.41) is 3.01. The summed E-state index contributed by atoms with van der Waals surface area (Å²) in [6, 6.07) is 0. The molecule has 0 spiro atoms. The van der Waals surface area contributed by atoms with Crippen LogP contribution in [-0.4, -0.2) is 60.9 Å². The minimum Gasteiger partial charge on any atom is -0.355 e. The molecule has 0 atom stereocenters. The molecular weight excluding hydrogens is 290 g/mol. The molecule has 0 unspecified atom stereocenters. The molecule has 23 heavy (non-hydrogen) atoms. The van der Waals surface area contributed by atoms with E-state index in [1.54, 1.807) is 0 Å². The van der Waals surface area contributed by atoms with Crippen molar-refractivity contribution in [2.45, 2.75) is 52.9 Å². The zero-order valence-corrected chi connectivity index (χ0v) is 15.1. The first-order valence-corrected chi connectivity index (χ1v) is 9.13. The summed E-state index contributed by atoms with van der Waals surface area (Å²) >= 11 is 0. The lowest BCUT2D eigenvalue weighted by molar-refractivity contribution is -0.136. The first-order valence-electron chi connectivity index (χ1n) is 9.13. The van der Waals surface area contributed by atoms with Crippen LogP contribution in [0.3, 0.4) is 0 Å². The molecule has 2 aliphatic heterocycles. The number of likely N-dealkylation sites (tertiary alicyclic amines) is 2. The molecule has 0 bridgehead atoms. The van der Waals surface area contributed by atoms with E-state index < -0.39 is 0 Å². The molecule has 2 rings (SSSR count). The zero-order chi connectivity index (χ0) is 16.9. The largest absolute Gasteiger partial charge is 0.355 e. The number of nitrogens with one attached hydrogen (secondary N) is 1. The number of rotatable bonds is 5. The van der Waals surface area contributed by atoms with E-state index in [1.165, 1.54) is 0 Å². The second kappa shape index (κ2) is 8.13. The van der Waals surface area contributed by atoms with Gasteiger partial charge >= 0.3 is 0 Å². The highest BCUT2D eigenvalue weighted by Crippen LogP contribution is 2.22. The molecule has 0 aromatic rings. The zero-order valence-electron chi connectivity index (χ0n) is 15.1. The Bertz CT molecular complexity index is 403. The van der Waals surface area contributed by atoms with Gasteiger partial charge in [0.2, 0.25) is 11.8 Å². The number of carbonyl (C=O) groups is 2. The number of carbonyl (C=O) groups excluding carboxylic acids is 2. The normalized spacial score (nSPS) is 20.7. The predicted octanol–water partition coefficient (Wildman–Crippen LogP) is 1.87. The van der Waals surface area contributed by atoms with E-state index in [4.69, 9.17) is 0 Å². The highest BCUT2D eigenvalue weighted by molar-refractivity contribution is 5.79. The van der Waals surface area contributed by atoms with Crippen molar-refractivity contribution in [3.8, 4) is 0 Å². The lowest BCUT2D eigenvalue weighted by Gasteiger charge is -2.32. The van der Waals surface area contributed by atoms with Crippen LogP contribution in [0.1, 0.15) is 52.9 Å². The van der Waals surface area contributed by atoms with Crippen molar-refractivity contribution in [3.63, 3.8) is 0 Å². The van der Waals surface area contributed by atoms with E-state index in [9.17, 15) is 9.59 Å². The quantitative estimate of drug-likeness (QED) is 0.840. The molecule has 5 nitrogen and oxygen atoms in total. The minimum absolute atomic E-state index is 0.110. The van der Waals surface area contributed by atoms with Gasteiger partial charge < -0.3 is 10.2 Å². The Morgan fingerprint density at radius 2 is 1.65 bits per heavy atom. The number of hydrogen-bond acceptors (Lipinski definition) is 3. The molecule has 2 amide bonds. The third-order valence-corrected chi connectivity index (χ3v) is 4.92. The monoisotopic (exact) mass is 323 g/mol. The van der Waals surface area contributed by atoms with Gasteiger partial charge in [-0.2, -0.15) is 0 Å². The fourth-order valence-electron chi connectivity index (χ4n) is 3.37. The van der Waals surface area contributed by atoms with E-state index in [2.05, 4.69) is 31.0 Å². The average molecular weight is 323 g/mol. The number of amides is 2. The van der Waals surface area contributed by atoms with Crippen molar-refractivity contribution in [1.29, 1.82) is 0 Å². The van der Waals surface area contributed by atoms with Crippen LogP contribution >= 0.6 is 0 Å². The van der Waals surface area contributed by atoms with E-state index in [-0.39, 0.29) is 17.2 Å². The summed E-state index contributed by atoms with van der Waals surface area (Å²) in [6.45, 7) is 11.4. The lowest BCUT2D eigenvalue weighted by atomic mass is 9.92. The second-order valence-corrected chi connectivity index (χ2v) is 8.24. The number of hydrogen-bond donors (Lipinski definition) is 1. The highest BCUT2D eigenvalue weighted by atomic mass is 16.2. The van der Waals surface area contributed by atoms with E-state index >= 15 is 0 Å². The maximum atomic E-state index is 12.4. The molecule has 0 aliphatic carbocycles. The summed E-state index contributed by atoms with van der Waals surface area (Å²) < 4.78 is 0. The standard InChI is InChI=1S/C18H33N3O2/c1-18(2,3)8-9-19-16(22)14-20-12-6-15(7-13-20)17(23)21-10-4-5-11-21/h15H,4-14H2,1-3H3,(H,19,22). The van der Waals surface area contributed by atoms with Gasteiger partial charge in [-0.3, -0.25) is 14.5 Å². The average Bonchev–Trinajstić information content (AvgIpc) is 3.00. The van der Waals surface area contributed by atoms with Crippen molar-refractivity contribution < 1.29 is 9.59 Å². The van der Waals surface area contributed by atoms with Gasteiger partial charge in [0, 0.05) is 25.6 Å². The van der Waals surface area contributed by atoms with E-state index in [0.717, 1.165) is 64.8 Å². The Morgan fingerprint density at radius 1 is 1.04 bits per heavy atom. The van der Waals surface area contributed by atoms with Crippen molar-refractivity contribution in [2.75, 3.05) is 39.3 Å². The molecule has 5 heteroatoms. The van der Waals surface area contributed by atoms with Crippen LogP contribution in [0.4, 0.5) is 0 Å². The Kier molecular flexibility index (Phi) is 6.45. The minimum atomic E-state index is 0.110. The smallest absolute Gasteiger partial charge is 0.234 e. The molecule has 0 saturated carbocycles. The first kappa shape index (κ1) is 18.2. The Labute approximate surface area is 140 Å². The van der Waals surface area contributed by atoms with Gasteiger partial charge in [-0.25, -0.2) is 0 Å². The highest BCUT2D eigenvalue weighted by Gasteiger charge is 2.30. The van der Waals surface area contributed by atoms with Crippen LogP contribution in [0.5, 0.6) is 0 Å². The molecule has 2 saturated heterocycles. The molecule has 1 N–H and O–H groups in total. The van der Waals surface area contributed by atoms with Gasteiger partial charge in [0.1, 0.15) is 0 Å². The SMILES string of the molecule is CC(C)(C)CCNC(=O)CN1CCC(C(=O)N2CCCC2)CC1. The third kappa shape index (κ3) is 6.13. The molecular formula is C18H33N3O2. The molecule has 2 aliphatic rings.